The molecule has 0 aliphatic carbocycles. The van der Waals surface area contributed by atoms with E-state index in [1.807, 2.05) is 5.38 Å². The quantitative estimate of drug-likeness (QED) is 0.628. The van der Waals surface area contributed by atoms with E-state index in [9.17, 15) is 0 Å². The first-order valence-corrected chi connectivity index (χ1v) is 4.53. The summed E-state index contributed by atoms with van der Waals surface area (Å²) in [5, 5.41) is 2.00. The fraction of sp³-hybridized carbons (Fsp3) is 0.571. The van der Waals surface area contributed by atoms with Crippen LogP contribution in [0, 0.1) is 0 Å². The standard InChI is InChI=1S/C7H10N2OS/c1-6-11-8-7(1)9-2-4-10-5-3-9/h1,6H,2-5H2. The molecule has 0 bridgehead atoms. The Bertz CT molecular complexity index is 206. The van der Waals surface area contributed by atoms with Crippen molar-refractivity contribution in [3.8, 4) is 0 Å². The topological polar surface area (TPSA) is 25.4 Å². The average Bonchev–Trinajstić information content (AvgIpc) is 2.58. The first-order valence-electron chi connectivity index (χ1n) is 3.70. The van der Waals surface area contributed by atoms with Crippen molar-refractivity contribution >= 4 is 17.4 Å². The Labute approximate surface area is 69.8 Å². The second-order valence-corrected chi connectivity index (χ2v) is 3.12. The normalized spacial score (nSPS) is 18.7. The third-order valence-corrected chi connectivity index (χ3v) is 2.31. The number of morpholine rings is 1. The van der Waals surface area contributed by atoms with Gasteiger partial charge in [-0.1, -0.05) is 0 Å². The predicted molar refractivity (Wildman–Crippen MR) is 45.1 cm³/mol. The van der Waals surface area contributed by atoms with Crippen molar-refractivity contribution in [2.24, 2.45) is 0 Å². The van der Waals surface area contributed by atoms with Gasteiger partial charge < -0.3 is 9.64 Å². The molecule has 1 aliphatic rings. The number of rotatable bonds is 1. The van der Waals surface area contributed by atoms with Gasteiger partial charge in [-0.15, -0.1) is 0 Å². The maximum Gasteiger partial charge on any atom is 0.142 e. The summed E-state index contributed by atoms with van der Waals surface area (Å²) in [6.07, 6.45) is 0. The van der Waals surface area contributed by atoms with Gasteiger partial charge in [-0.3, -0.25) is 0 Å². The van der Waals surface area contributed by atoms with Crippen molar-refractivity contribution in [1.82, 2.24) is 4.37 Å². The molecule has 1 aromatic rings. The van der Waals surface area contributed by atoms with Crippen LogP contribution in [0.5, 0.6) is 0 Å². The van der Waals surface area contributed by atoms with E-state index in [0.717, 1.165) is 32.1 Å². The summed E-state index contributed by atoms with van der Waals surface area (Å²) < 4.78 is 9.48. The molecule has 0 spiro atoms. The Morgan fingerprint density at radius 2 is 2.27 bits per heavy atom. The van der Waals surface area contributed by atoms with E-state index in [1.54, 1.807) is 0 Å². The molecular weight excluding hydrogens is 160 g/mol. The molecule has 4 heteroatoms. The number of anilines is 1. The molecule has 60 valence electrons. The highest BCUT2D eigenvalue weighted by molar-refractivity contribution is 7.03. The van der Waals surface area contributed by atoms with E-state index in [-0.39, 0.29) is 0 Å². The van der Waals surface area contributed by atoms with Gasteiger partial charge in [0.2, 0.25) is 0 Å². The molecule has 0 radical (unpaired) electrons. The summed E-state index contributed by atoms with van der Waals surface area (Å²) in [7, 11) is 0. The maximum absolute atomic E-state index is 5.23. The van der Waals surface area contributed by atoms with Gasteiger partial charge in [0.15, 0.2) is 0 Å². The summed E-state index contributed by atoms with van der Waals surface area (Å²) in [6.45, 7) is 3.61. The third-order valence-electron chi connectivity index (χ3n) is 1.76. The molecule has 3 nitrogen and oxygen atoms in total. The number of nitrogens with zero attached hydrogens (tertiary/aromatic N) is 2. The lowest BCUT2D eigenvalue weighted by Gasteiger charge is -2.26. The molecule has 0 unspecified atom stereocenters. The van der Waals surface area contributed by atoms with Gasteiger partial charge in [0.25, 0.3) is 0 Å². The molecule has 0 atom stereocenters. The number of hydrogen-bond acceptors (Lipinski definition) is 4. The van der Waals surface area contributed by atoms with Gasteiger partial charge in [0, 0.05) is 18.5 Å². The molecule has 0 amide bonds. The maximum atomic E-state index is 5.23. The van der Waals surface area contributed by atoms with E-state index in [2.05, 4.69) is 15.3 Å². The molecule has 0 N–H and O–H groups in total. The number of hydrogen-bond donors (Lipinski definition) is 0. The zero-order chi connectivity index (χ0) is 7.52. The van der Waals surface area contributed by atoms with Crippen molar-refractivity contribution in [2.45, 2.75) is 0 Å². The van der Waals surface area contributed by atoms with Crippen LogP contribution in [0.15, 0.2) is 11.4 Å². The Hall–Kier alpha value is -0.610. The van der Waals surface area contributed by atoms with E-state index in [1.165, 1.54) is 11.5 Å². The molecule has 1 fully saturated rings. The Kier molecular flexibility index (Phi) is 2.05. The number of aromatic nitrogens is 1. The summed E-state index contributed by atoms with van der Waals surface area (Å²) in [6, 6.07) is 2.05. The first kappa shape index (κ1) is 7.06. The molecule has 1 saturated heterocycles. The van der Waals surface area contributed by atoms with E-state index in [4.69, 9.17) is 4.74 Å². The lowest BCUT2D eigenvalue weighted by molar-refractivity contribution is 0.122. The molecule has 11 heavy (non-hydrogen) atoms. The SMILES string of the molecule is c1cc(N2CCOCC2)ns1. The third kappa shape index (κ3) is 1.52. The summed E-state index contributed by atoms with van der Waals surface area (Å²) >= 11 is 1.50. The first-order chi connectivity index (χ1) is 5.47. The zero-order valence-corrected chi connectivity index (χ0v) is 7.01. The van der Waals surface area contributed by atoms with Gasteiger partial charge in [0.05, 0.1) is 13.2 Å². The van der Waals surface area contributed by atoms with Gasteiger partial charge in [-0.25, -0.2) is 0 Å². The van der Waals surface area contributed by atoms with E-state index < -0.39 is 0 Å². The fourth-order valence-corrected chi connectivity index (χ4v) is 1.69. The molecule has 0 aromatic carbocycles. The van der Waals surface area contributed by atoms with Crippen molar-refractivity contribution in [3.63, 3.8) is 0 Å². The van der Waals surface area contributed by atoms with Gasteiger partial charge in [-0.05, 0) is 17.6 Å². The highest BCUT2D eigenvalue weighted by Gasteiger charge is 2.11. The molecule has 1 aromatic heterocycles. The van der Waals surface area contributed by atoms with Crippen LogP contribution in [0.1, 0.15) is 0 Å². The van der Waals surface area contributed by atoms with E-state index >= 15 is 0 Å². The minimum absolute atomic E-state index is 0.831. The zero-order valence-electron chi connectivity index (χ0n) is 6.19. The highest BCUT2D eigenvalue weighted by atomic mass is 32.1. The second kappa shape index (κ2) is 3.19. The van der Waals surface area contributed by atoms with Crippen molar-refractivity contribution < 1.29 is 4.74 Å². The summed E-state index contributed by atoms with van der Waals surface area (Å²) in [5.41, 5.74) is 0. The molecule has 0 saturated carbocycles. The van der Waals surface area contributed by atoms with Crippen LogP contribution in [0.3, 0.4) is 0 Å². The Morgan fingerprint density at radius 1 is 1.45 bits per heavy atom. The van der Waals surface area contributed by atoms with Gasteiger partial charge >= 0.3 is 0 Å². The number of ether oxygens (including phenoxy) is 1. The lowest BCUT2D eigenvalue weighted by Crippen LogP contribution is -2.36. The summed E-state index contributed by atoms with van der Waals surface area (Å²) in [4.78, 5) is 2.25. The van der Waals surface area contributed by atoms with Crippen LogP contribution in [0.25, 0.3) is 0 Å². The minimum atomic E-state index is 0.831. The largest absolute Gasteiger partial charge is 0.378 e. The van der Waals surface area contributed by atoms with Crippen LogP contribution in [0.2, 0.25) is 0 Å². The van der Waals surface area contributed by atoms with Crippen LogP contribution in [-0.4, -0.2) is 30.7 Å². The van der Waals surface area contributed by atoms with Crippen LogP contribution < -0.4 is 4.90 Å². The van der Waals surface area contributed by atoms with Gasteiger partial charge in [-0.2, -0.15) is 4.37 Å². The average molecular weight is 170 g/mol. The Balaban J connectivity index is 2.04. The van der Waals surface area contributed by atoms with Gasteiger partial charge in [0.1, 0.15) is 5.82 Å². The Morgan fingerprint density at radius 3 is 2.91 bits per heavy atom. The summed E-state index contributed by atoms with van der Waals surface area (Å²) in [5.74, 6) is 1.10. The van der Waals surface area contributed by atoms with Crippen molar-refractivity contribution in [2.75, 3.05) is 31.2 Å². The molecular formula is C7H10N2OS. The molecule has 2 rings (SSSR count). The van der Waals surface area contributed by atoms with Crippen LogP contribution in [-0.2, 0) is 4.74 Å². The van der Waals surface area contributed by atoms with Crippen LogP contribution in [0.4, 0.5) is 5.82 Å². The molecule has 2 heterocycles. The van der Waals surface area contributed by atoms with Crippen molar-refractivity contribution in [3.05, 3.63) is 11.4 Å². The molecule has 1 aliphatic heterocycles. The van der Waals surface area contributed by atoms with E-state index in [0.29, 0.717) is 0 Å². The minimum Gasteiger partial charge on any atom is -0.378 e. The second-order valence-electron chi connectivity index (χ2n) is 2.46. The fourth-order valence-electron chi connectivity index (χ4n) is 1.16. The smallest absolute Gasteiger partial charge is 0.142 e. The predicted octanol–water partition coefficient (Wildman–Crippen LogP) is 0.980. The van der Waals surface area contributed by atoms with Crippen molar-refractivity contribution in [1.29, 1.82) is 0 Å². The van der Waals surface area contributed by atoms with Crippen LogP contribution >= 0.6 is 11.5 Å². The highest BCUT2D eigenvalue weighted by Crippen LogP contribution is 2.13. The lowest BCUT2D eigenvalue weighted by atomic mass is 10.4. The monoisotopic (exact) mass is 170 g/mol.